The third-order valence-corrected chi connectivity index (χ3v) is 6.36. The van der Waals surface area contributed by atoms with Gasteiger partial charge in [0.05, 0.1) is 23.3 Å². The number of hydrogen-bond donors (Lipinski definition) is 1. The molecule has 0 unspecified atom stereocenters. The molecular weight excluding hydrogens is 458 g/mol. The van der Waals surface area contributed by atoms with E-state index in [-0.39, 0.29) is 23.5 Å². The third-order valence-electron chi connectivity index (χ3n) is 6.36. The fraction of sp³-hybridized carbons (Fsp3) is 0.346. The van der Waals surface area contributed by atoms with Crippen molar-refractivity contribution in [2.75, 3.05) is 5.32 Å². The van der Waals surface area contributed by atoms with Gasteiger partial charge in [-0.05, 0) is 58.4 Å². The van der Waals surface area contributed by atoms with Gasteiger partial charge in [-0.1, -0.05) is 0 Å². The molecule has 2 amide bonds. The molecule has 4 aromatic rings. The minimum absolute atomic E-state index is 0.0239. The summed E-state index contributed by atoms with van der Waals surface area (Å²) in [5.74, 6) is 1.60. The number of rotatable bonds is 3. The Hall–Kier alpha value is -4.21. The quantitative estimate of drug-likeness (QED) is 0.454. The summed E-state index contributed by atoms with van der Waals surface area (Å²) in [5.41, 5.74) is 2.28. The molecule has 10 nitrogen and oxygen atoms in total. The molecule has 5 rings (SSSR count). The number of carbonyl (C=O) groups is 2. The first-order valence-corrected chi connectivity index (χ1v) is 11.9. The van der Waals surface area contributed by atoms with Crippen LogP contribution in [-0.2, 0) is 23.3 Å². The summed E-state index contributed by atoms with van der Waals surface area (Å²) < 4.78 is 9.50. The fourth-order valence-electron chi connectivity index (χ4n) is 4.41. The first-order chi connectivity index (χ1) is 17.1. The number of amides is 2. The first-order valence-electron chi connectivity index (χ1n) is 11.9. The zero-order valence-corrected chi connectivity index (χ0v) is 21.0. The third kappa shape index (κ3) is 4.41. The topological polar surface area (TPSA) is 107 Å². The number of ether oxygens (including phenoxy) is 1. The molecule has 0 spiro atoms. The van der Waals surface area contributed by atoms with Crippen molar-refractivity contribution in [1.82, 2.24) is 29.2 Å². The predicted molar refractivity (Wildman–Crippen MR) is 135 cm³/mol. The van der Waals surface area contributed by atoms with E-state index in [2.05, 4.69) is 20.4 Å². The lowest BCUT2D eigenvalue weighted by Crippen LogP contribution is -2.41. The summed E-state index contributed by atoms with van der Waals surface area (Å²) in [6, 6.07) is 8.89. The number of carbonyl (C=O) groups excluding carboxylic acids is 2. The van der Waals surface area contributed by atoms with Crippen LogP contribution in [0.4, 0.5) is 10.6 Å². The Kier molecular flexibility index (Phi) is 5.74. The van der Waals surface area contributed by atoms with Gasteiger partial charge in [0.15, 0.2) is 5.82 Å². The number of fused-ring (bicyclic) bond motifs is 2. The molecule has 0 saturated carbocycles. The summed E-state index contributed by atoms with van der Waals surface area (Å²) in [6.07, 6.45) is 5.64. The van der Waals surface area contributed by atoms with Crippen molar-refractivity contribution in [3.8, 4) is 11.6 Å². The van der Waals surface area contributed by atoms with Gasteiger partial charge < -0.3 is 9.64 Å². The molecule has 10 heteroatoms. The van der Waals surface area contributed by atoms with Crippen LogP contribution in [-0.4, -0.2) is 47.2 Å². The van der Waals surface area contributed by atoms with Gasteiger partial charge in [0.2, 0.25) is 11.8 Å². The molecule has 1 aliphatic heterocycles. The lowest BCUT2D eigenvalue weighted by Gasteiger charge is -2.33. The van der Waals surface area contributed by atoms with Crippen LogP contribution in [0.1, 0.15) is 45.9 Å². The van der Waals surface area contributed by atoms with Crippen LogP contribution in [0, 0.1) is 0 Å². The van der Waals surface area contributed by atoms with Gasteiger partial charge in [0.25, 0.3) is 0 Å². The van der Waals surface area contributed by atoms with Crippen molar-refractivity contribution in [2.45, 2.75) is 59.2 Å². The lowest BCUT2D eigenvalue weighted by atomic mass is 9.99. The van der Waals surface area contributed by atoms with Crippen molar-refractivity contribution < 1.29 is 14.3 Å². The normalized spacial score (nSPS) is 15.6. The SMILES string of the molecule is CC(=O)N1Cc2ncnc(Oc3ccc4c(ccn4C(=O)Nc4ccn(C(C)(C)C)n4)c3)c2C[C@@H]1C. The second-order valence-corrected chi connectivity index (χ2v) is 10.1. The monoisotopic (exact) mass is 487 g/mol. The van der Waals surface area contributed by atoms with E-state index in [0.29, 0.717) is 30.4 Å². The lowest BCUT2D eigenvalue weighted by molar-refractivity contribution is -0.132. The average Bonchev–Trinajstić information content (AvgIpc) is 3.46. The summed E-state index contributed by atoms with van der Waals surface area (Å²) in [6.45, 7) is 10.2. The molecule has 1 atom stereocenters. The van der Waals surface area contributed by atoms with Crippen LogP contribution in [0.2, 0.25) is 0 Å². The van der Waals surface area contributed by atoms with Gasteiger partial charge in [-0.2, -0.15) is 5.10 Å². The van der Waals surface area contributed by atoms with E-state index in [1.165, 1.54) is 6.33 Å². The Labute approximate surface area is 208 Å². The van der Waals surface area contributed by atoms with Crippen molar-refractivity contribution in [1.29, 1.82) is 0 Å². The standard InChI is InChI=1S/C26H29N7O3/c1-16-12-20-21(14-32(16)17(2)34)27-15-28-24(20)36-19-6-7-22-18(13-19)8-10-31(22)25(35)29-23-9-11-33(30-23)26(3,4)5/h6-11,13,15-16H,12,14H2,1-5H3,(H,29,30,35)/t16-/m0/s1. The van der Waals surface area contributed by atoms with E-state index in [1.807, 2.05) is 62.8 Å². The molecule has 0 radical (unpaired) electrons. The van der Waals surface area contributed by atoms with Crippen LogP contribution in [0.15, 0.2) is 49.1 Å². The number of anilines is 1. The first kappa shape index (κ1) is 23.5. The molecule has 0 bridgehead atoms. The van der Waals surface area contributed by atoms with Gasteiger partial charge in [-0.3, -0.25) is 19.4 Å². The Bertz CT molecular complexity index is 1460. The van der Waals surface area contributed by atoms with Crippen LogP contribution in [0.25, 0.3) is 10.9 Å². The minimum atomic E-state index is -0.299. The second-order valence-electron chi connectivity index (χ2n) is 10.1. The molecule has 186 valence electrons. The van der Waals surface area contributed by atoms with Crippen molar-refractivity contribution in [2.24, 2.45) is 0 Å². The highest BCUT2D eigenvalue weighted by Gasteiger charge is 2.28. The van der Waals surface area contributed by atoms with E-state index in [1.54, 1.807) is 28.7 Å². The molecule has 0 saturated heterocycles. The van der Waals surface area contributed by atoms with Crippen molar-refractivity contribution in [3.05, 3.63) is 60.3 Å². The molecule has 4 heterocycles. The summed E-state index contributed by atoms with van der Waals surface area (Å²) in [7, 11) is 0. The van der Waals surface area contributed by atoms with E-state index < -0.39 is 0 Å². The molecule has 36 heavy (non-hydrogen) atoms. The average molecular weight is 488 g/mol. The molecule has 3 aromatic heterocycles. The van der Waals surface area contributed by atoms with E-state index in [9.17, 15) is 9.59 Å². The predicted octanol–water partition coefficient (Wildman–Crippen LogP) is 4.55. The van der Waals surface area contributed by atoms with E-state index in [4.69, 9.17) is 4.74 Å². The number of nitrogens with zero attached hydrogens (tertiary/aromatic N) is 6. The zero-order chi connectivity index (χ0) is 25.6. The zero-order valence-electron chi connectivity index (χ0n) is 21.0. The molecule has 1 N–H and O–H groups in total. The van der Waals surface area contributed by atoms with Gasteiger partial charge in [0, 0.05) is 42.4 Å². The van der Waals surface area contributed by atoms with Gasteiger partial charge >= 0.3 is 6.03 Å². The van der Waals surface area contributed by atoms with Crippen LogP contribution < -0.4 is 10.1 Å². The molecule has 1 aromatic carbocycles. The van der Waals surface area contributed by atoms with Crippen molar-refractivity contribution in [3.63, 3.8) is 0 Å². The molecule has 1 aliphatic rings. The van der Waals surface area contributed by atoms with Gasteiger partial charge in [0.1, 0.15) is 12.1 Å². The molecule has 0 aliphatic carbocycles. The molecule has 0 fully saturated rings. The van der Waals surface area contributed by atoms with Crippen LogP contribution in [0.5, 0.6) is 11.6 Å². The van der Waals surface area contributed by atoms with Crippen molar-refractivity contribution >= 4 is 28.7 Å². The minimum Gasteiger partial charge on any atom is -0.439 e. The maximum Gasteiger partial charge on any atom is 0.331 e. The second kappa shape index (κ2) is 8.78. The van der Waals surface area contributed by atoms with E-state index >= 15 is 0 Å². The number of benzene rings is 1. The Morgan fingerprint density at radius 2 is 1.92 bits per heavy atom. The smallest absolute Gasteiger partial charge is 0.331 e. The number of aromatic nitrogens is 5. The Morgan fingerprint density at radius 3 is 2.64 bits per heavy atom. The summed E-state index contributed by atoms with van der Waals surface area (Å²) in [5, 5.41) is 8.14. The fourth-order valence-corrected chi connectivity index (χ4v) is 4.41. The number of hydrogen-bond acceptors (Lipinski definition) is 6. The molecular formula is C26H29N7O3. The van der Waals surface area contributed by atoms with Gasteiger partial charge in [-0.25, -0.2) is 14.8 Å². The summed E-state index contributed by atoms with van der Waals surface area (Å²) in [4.78, 5) is 35.4. The summed E-state index contributed by atoms with van der Waals surface area (Å²) >= 11 is 0. The van der Waals surface area contributed by atoms with Crippen LogP contribution in [0.3, 0.4) is 0 Å². The van der Waals surface area contributed by atoms with Gasteiger partial charge in [-0.15, -0.1) is 0 Å². The largest absolute Gasteiger partial charge is 0.439 e. The maximum atomic E-state index is 12.9. The van der Waals surface area contributed by atoms with Crippen LogP contribution >= 0.6 is 0 Å². The highest BCUT2D eigenvalue weighted by molar-refractivity contribution is 5.98. The highest BCUT2D eigenvalue weighted by atomic mass is 16.5. The highest BCUT2D eigenvalue weighted by Crippen LogP contribution is 2.32. The Balaban J connectivity index is 1.35. The maximum absolute atomic E-state index is 12.9. The van der Waals surface area contributed by atoms with E-state index in [0.717, 1.165) is 22.2 Å². The number of nitrogens with one attached hydrogen (secondary N) is 1. The Morgan fingerprint density at radius 1 is 1.11 bits per heavy atom.